The molecular weight excluding hydrogens is 372 g/mol. The van der Waals surface area contributed by atoms with E-state index >= 15 is 0 Å². The highest BCUT2D eigenvalue weighted by atomic mass is 79.9. The number of piperazine rings is 1. The fourth-order valence-corrected chi connectivity index (χ4v) is 3.03. The minimum Gasteiger partial charge on any atom is -0.460 e. The number of benzene rings is 1. The van der Waals surface area contributed by atoms with Crippen LogP contribution in [0.5, 0.6) is 0 Å². The highest BCUT2D eigenvalue weighted by molar-refractivity contribution is 9.10. The summed E-state index contributed by atoms with van der Waals surface area (Å²) in [6.45, 7) is 8.34. The Hall–Kier alpha value is -1.40. The van der Waals surface area contributed by atoms with E-state index in [1.165, 1.54) is 0 Å². The van der Waals surface area contributed by atoms with E-state index in [2.05, 4.69) is 25.7 Å². The van der Waals surface area contributed by atoms with E-state index in [1.54, 1.807) is 0 Å². The van der Waals surface area contributed by atoms with Crippen molar-refractivity contribution in [2.24, 2.45) is 0 Å². The molecule has 24 heavy (non-hydrogen) atoms. The lowest BCUT2D eigenvalue weighted by Crippen LogP contribution is -2.54. The Labute approximate surface area is 152 Å². The maximum atomic E-state index is 11.9. The van der Waals surface area contributed by atoms with Crippen molar-refractivity contribution in [1.82, 2.24) is 4.90 Å². The van der Waals surface area contributed by atoms with Gasteiger partial charge in [0, 0.05) is 36.3 Å². The van der Waals surface area contributed by atoms with Gasteiger partial charge in [0.1, 0.15) is 11.9 Å². The summed E-state index contributed by atoms with van der Waals surface area (Å²) < 4.78 is 6.37. The molecule has 5 nitrogen and oxygen atoms in total. The third-order valence-corrected chi connectivity index (χ3v) is 4.43. The van der Waals surface area contributed by atoms with Crippen molar-refractivity contribution in [3.05, 3.63) is 28.7 Å². The number of halogens is 1. The van der Waals surface area contributed by atoms with Crippen LogP contribution in [0.25, 0.3) is 0 Å². The predicted molar refractivity (Wildman–Crippen MR) is 98.2 cm³/mol. The molecule has 0 amide bonds. The molecular formula is C18H25BrN2O3. The molecule has 0 aromatic heterocycles. The monoisotopic (exact) mass is 396 g/mol. The molecule has 6 heteroatoms. The number of anilines is 1. The highest BCUT2D eigenvalue weighted by Crippen LogP contribution is 2.21. The molecule has 0 saturated carbocycles. The fraction of sp³-hybridized carbons (Fsp3) is 0.556. The maximum absolute atomic E-state index is 11.9. The van der Waals surface area contributed by atoms with Crippen LogP contribution >= 0.6 is 15.9 Å². The van der Waals surface area contributed by atoms with Gasteiger partial charge in [-0.05, 0) is 45.0 Å². The second-order valence-corrected chi connectivity index (χ2v) is 7.91. The first-order valence-corrected chi connectivity index (χ1v) is 8.99. The Kier molecular flexibility index (Phi) is 6.40. The Morgan fingerprint density at radius 1 is 1.29 bits per heavy atom. The molecule has 0 bridgehead atoms. The van der Waals surface area contributed by atoms with Crippen molar-refractivity contribution in [3.63, 3.8) is 0 Å². The minimum atomic E-state index is -0.471. The van der Waals surface area contributed by atoms with Crippen molar-refractivity contribution < 1.29 is 14.3 Å². The van der Waals surface area contributed by atoms with Crippen molar-refractivity contribution in [2.45, 2.75) is 38.8 Å². The van der Waals surface area contributed by atoms with Crippen molar-refractivity contribution in [3.8, 4) is 0 Å². The molecule has 0 aliphatic carbocycles. The van der Waals surface area contributed by atoms with E-state index in [-0.39, 0.29) is 12.0 Å². The molecule has 1 heterocycles. The number of nitrogens with zero attached hydrogens (tertiary/aromatic N) is 2. The van der Waals surface area contributed by atoms with Gasteiger partial charge in [0.15, 0.2) is 0 Å². The summed E-state index contributed by atoms with van der Waals surface area (Å²) in [5.74, 6) is -0.220. The topological polar surface area (TPSA) is 49.9 Å². The summed E-state index contributed by atoms with van der Waals surface area (Å²) in [6, 6.07) is 7.88. The third kappa shape index (κ3) is 5.60. The molecule has 1 atom stereocenters. The molecule has 1 aromatic carbocycles. The van der Waals surface area contributed by atoms with E-state index in [9.17, 15) is 9.59 Å². The van der Waals surface area contributed by atoms with Gasteiger partial charge in [-0.3, -0.25) is 9.69 Å². The van der Waals surface area contributed by atoms with Crippen LogP contribution < -0.4 is 4.90 Å². The van der Waals surface area contributed by atoms with Crippen LogP contribution in [0.2, 0.25) is 0 Å². The number of esters is 1. The van der Waals surface area contributed by atoms with E-state index < -0.39 is 5.60 Å². The number of aldehydes is 1. The van der Waals surface area contributed by atoms with Crippen LogP contribution in [-0.2, 0) is 14.3 Å². The molecule has 0 radical (unpaired) electrons. The van der Waals surface area contributed by atoms with Crippen molar-refractivity contribution in [2.75, 3.05) is 31.1 Å². The zero-order valence-corrected chi connectivity index (χ0v) is 16.1. The van der Waals surface area contributed by atoms with Crippen LogP contribution in [-0.4, -0.2) is 55.0 Å². The third-order valence-electron chi connectivity index (χ3n) is 3.91. The van der Waals surface area contributed by atoms with E-state index in [1.807, 2.05) is 45.0 Å². The van der Waals surface area contributed by atoms with Gasteiger partial charge in [-0.2, -0.15) is 0 Å². The molecule has 1 aliphatic rings. The summed E-state index contributed by atoms with van der Waals surface area (Å²) in [5, 5.41) is 0. The number of hydrogen-bond acceptors (Lipinski definition) is 5. The van der Waals surface area contributed by atoms with Crippen LogP contribution in [0.15, 0.2) is 28.7 Å². The SMILES string of the molecule is CC(C)(C)OC(=O)CCN1CCN(c2ccc(Br)cc2)C[C@@H]1C=O. The summed E-state index contributed by atoms with van der Waals surface area (Å²) >= 11 is 3.43. The van der Waals surface area contributed by atoms with Crippen molar-refractivity contribution in [1.29, 1.82) is 0 Å². The zero-order chi connectivity index (χ0) is 17.7. The van der Waals surface area contributed by atoms with Gasteiger partial charge in [0.25, 0.3) is 0 Å². The van der Waals surface area contributed by atoms with Crippen molar-refractivity contribution >= 4 is 33.9 Å². The fourth-order valence-electron chi connectivity index (χ4n) is 2.77. The lowest BCUT2D eigenvalue weighted by molar-refractivity contribution is -0.155. The highest BCUT2D eigenvalue weighted by Gasteiger charge is 2.27. The van der Waals surface area contributed by atoms with Crippen LogP contribution in [0.4, 0.5) is 5.69 Å². The first-order valence-electron chi connectivity index (χ1n) is 8.20. The maximum Gasteiger partial charge on any atom is 0.307 e. The second kappa shape index (κ2) is 8.12. The smallest absolute Gasteiger partial charge is 0.307 e. The van der Waals surface area contributed by atoms with Gasteiger partial charge in [0.2, 0.25) is 0 Å². The Morgan fingerprint density at radius 3 is 2.54 bits per heavy atom. The van der Waals surface area contributed by atoms with E-state index in [4.69, 9.17) is 4.74 Å². The normalized spacial score (nSPS) is 19.2. The molecule has 2 rings (SSSR count). The predicted octanol–water partition coefficient (Wildman–Crippen LogP) is 2.87. The number of carbonyl (C=O) groups excluding carboxylic acids is 2. The van der Waals surface area contributed by atoms with Crippen LogP contribution in [0.3, 0.4) is 0 Å². The molecule has 0 unspecified atom stereocenters. The molecule has 1 saturated heterocycles. The number of ether oxygens (including phenoxy) is 1. The number of carbonyl (C=O) groups is 2. The first kappa shape index (κ1) is 18.9. The standard InChI is InChI=1S/C18H25BrN2O3/c1-18(2,3)24-17(23)8-9-20-10-11-21(12-16(20)13-22)15-6-4-14(19)5-7-15/h4-7,13,16H,8-12H2,1-3H3/t16-/m1/s1. The molecule has 0 spiro atoms. The first-order chi connectivity index (χ1) is 11.3. The van der Waals surface area contributed by atoms with Crippen LogP contribution in [0.1, 0.15) is 27.2 Å². The van der Waals surface area contributed by atoms with Gasteiger partial charge < -0.3 is 14.4 Å². The van der Waals surface area contributed by atoms with Gasteiger partial charge >= 0.3 is 5.97 Å². The molecule has 132 valence electrons. The Balaban J connectivity index is 1.89. The van der Waals surface area contributed by atoms with Gasteiger partial charge in [-0.1, -0.05) is 15.9 Å². The van der Waals surface area contributed by atoms with E-state index in [0.29, 0.717) is 19.5 Å². The lowest BCUT2D eigenvalue weighted by Gasteiger charge is -2.40. The molecule has 1 fully saturated rings. The van der Waals surface area contributed by atoms with Gasteiger partial charge in [-0.25, -0.2) is 0 Å². The van der Waals surface area contributed by atoms with Gasteiger partial charge in [-0.15, -0.1) is 0 Å². The Morgan fingerprint density at radius 2 is 1.96 bits per heavy atom. The summed E-state index contributed by atoms with van der Waals surface area (Å²) in [6.07, 6.45) is 1.28. The second-order valence-electron chi connectivity index (χ2n) is 7.00. The summed E-state index contributed by atoms with van der Waals surface area (Å²) in [7, 11) is 0. The molecule has 1 aliphatic heterocycles. The minimum absolute atomic E-state index is 0.204. The summed E-state index contributed by atoms with van der Waals surface area (Å²) in [4.78, 5) is 27.6. The van der Waals surface area contributed by atoms with Crippen LogP contribution in [0, 0.1) is 0 Å². The summed E-state index contributed by atoms with van der Waals surface area (Å²) in [5.41, 5.74) is 0.637. The van der Waals surface area contributed by atoms with E-state index in [0.717, 1.165) is 29.5 Å². The number of rotatable bonds is 5. The Bertz CT molecular complexity index is 569. The largest absolute Gasteiger partial charge is 0.460 e. The average Bonchev–Trinajstić information content (AvgIpc) is 2.52. The lowest BCUT2D eigenvalue weighted by atomic mass is 10.1. The molecule has 0 N–H and O–H groups in total. The number of hydrogen-bond donors (Lipinski definition) is 0. The quantitative estimate of drug-likeness (QED) is 0.565. The zero-order valence-electron chi connectivity index (χ0n) is 14.5. The van der Waals surface area contributed by atoms with Gasteiger partial charge in [0.05, 0.1) is 12.5 Å². The average molecular weight is 397 g/mol. The molecule has 1 aromatic rings.